The molecular formula is C20H26N2O4. The molecule has 0 spiro atoms. The summed E-state index contributed by atoms with van der Waals surface area (Å²) in [7, 11) is 0. The molecule has 0 unspecified atom stereocenters. The summed E-state index contributed by atoms with van der Waals surface area (Å²) in [4.78, 5) is 40.5. The second-order valence-electron chi connectivity index (χ2n) is 7.17. The van der Waals surface area contributed by atoms with Gasteiger partial charge in [-0.05, 0) is 51.7 Å². The molecule has 1 aromatic carbocycles. The number of anilines is 1. The van der Waals surface area contributed by atoms with Crippen LogP contribution in [0.5, 0.6) is 0 Å². The van der Waals surface area contributed by atoms with Gasteiger partial charge in [0.2, 0.25) is 5.91 Å². The van der Waals surface area contributed by atoms with E-state index in [0.717, 1.165) is 25.7 Å². The Labute approximate surface area is 154 Å². The standard InChI is InChI=1S/C20H26N2O4/c1-14-7-5-8-15(2)22(14)19(24)13-26-20(25)16-9-3-4-10-17(16)21-12-6-11-18(21)23/h3-4,9-10,14-15H,5-8,11-13H2,1-2H3/t14-,15+. The highest BCUT2D eigenvalue weighted by Gasteiger charge is 2.30. The maximum absolute atomic E-state index is 12.5. The Morgan fingerprint density at radius 1 is 1.12 bits per heavy atom. The lowest BCUT2D eigenvalue weighted by atomic mass is 9.97. The van der Waals surface area contributed by atoms with E-state index in [-0.39, 0.29) is 30.5 Å². The van der Waals surface area contributed by atoms with E-state index in [9.17, 15) is 14.4 Å². The van der Waals surface area contributed by atoms with Gasteiger partial charge in [0.15, 0.2) is 6.61 Å². The van der Waals surface area contributed by atoms with E-state index in [1.54, 1.807) is 29.2 Å². The second kappa shape index (κ2) is 7.89. The Morgan fingerprint density at radius 2 is 1.81 bits per heavy atom. The third kappa shape index (κ3) is 3.74. The summed E-state index contributed by atoms with van der Waals surface area (Å²) in [6.07, 6.45) is 4.34. The predicted octanol–water partition coefficient (Wildman–Crippen LogP) is 2.76. The van der Waals surface area contributed by atoms with Gasteiger partial charge in [-0.1, -0.05) is 12.1 Å². The zero-order valence-electron chi connectivity index (χ0n) is 15.4. The third-order valence-corrected chi connectivity index (χ3v) is 5.30. The maximum atomic E-state index is 12.5. The summed E-state index contributed by atoms with van der Waals surface area (Å²) in [6, 6.07) is 7.24. The van der Waals surface area contributed by atoms with E-state index in [1.807, 2.05) is 18.7 Å². The monoisotopic (exact) mass is 358 g/mol. The van der Waals surface area contributed by atoms with E-state index < -0.39 is 5.97 Å². The summed E-state index contributed by atoms with van der Waals surface area (Å²) in [5.74, 6) is -0.712. The number of esters is 1. The SMILES string of the molecule is C[C@@H]1CCC[C@H](C)N1C(=O)COC(=O)c1ccccc1N1CCCC1=O. The van der Waals surface area contributed by atoms with Crippen LogP contribution in [-0.4, -0.2) is 47.9 Å². The molecule has 3 rings (SSSR count). The molecule has 0 aromatic heterocycles. The van der Waals surface area contributed by atoms with Gasteiger partial charge in [-0.25, -0.2) is 4.79 Å². The third-order valence-electron chi connectivity index (χ3n) is 5.30. The molecule has 0 radical (unpaired) electrons. The van der Waals surface area contributed by atoms with Crippen LogP contribution in [0.4, 0.5) is 5.69 Å². The highest BCUT2D eigenvalue weighted by Crippen LogP contribution is 2.26. The molecule has 2 aliphatic rings. The Morgan fingerprint density at radius 3 is 2.46 bits per heavy atom. The summed E-state index contributed by atoms with van der Waals surface area (Å²) >= 11 is 0. The van der Waals surface area contributed by atoms with Gasteiger partial charge in [0.05, 0.1) is 11.3 Å². The van der Waals surface area contributed by atoms with Crippen LogP contribution in [0.3, 0.4) is 0 Å². The van der Waals surface area contributed by atoms with Crippen LogP contribution < -0.4 is 4.90 Å². The van der Waals surface area contributed by atoms with Crippen molar-refractivity contribution in [1.29, 1.82) is 0 Å². The molecule has 2 saturated heterocycles. The van der Waals surface area contributed by atoms with Crippen molar-refractivity contribution in [1.82, 2.24) is 4.90 Å². The molecule has 2 fully saturated rings. The lowest BCUT2D eigenvalue weighted by Crippen LogP contribution is -2.49. The van der Waals surface area contributed by atoms with Crippen LogP contribution in [0.25, 0.3) is 0 Å². The van der Waals surface area contributed by atoms with Gasteiger partial charge in [-0.2, -0.15) is 0 Å². The first-order valence-corrected chi connectivity index (χ1v) is 9.36. The lowest BCUT2D eigenvalue weighted by molar-refractivity contribution is -0.140. The quantitative estimate of drug-likeness (QED) is 0.776. The number of hydrogen-bond acceptors (Lipinski definition) is 4. The minimum atomic E-state index is -0.564. The predicted molar refractivity (Wildman–Crippen MR) is 97.9 cm³/mol. The number of likely N-dealkylation sites (tertiary alicyclic amines) is 1. The average molecular weight is 358 g/mol. The molecule has 1 aromatic rings. The fourth-order valence-corrected chi connectivity index (χ4v) is 3.98. The van der Waals surface area contributed by atoms with Crippen LogP contribution >= 0.6 is 0 Å². The van der Waals surface area contributed by atoms with Crippen LogP contribution in [0, 0.1) is 0 Å². The van der Waals surface area contributed by atoms with Crippen LogP contribution in [-0.2, 0) is 14.3 Å². The summed E-state index contributed by atoms with van der Waals surface area (Å²) in [5, 5.41) is 0. The van der Waals surface area contributed by atoms with Gasteiger partial charge in [0.1, 0.15) is 0 Å². The first kappa shape index (κ1) is 18.4. The minimum absolute atomic E-state index is 0.0114. The minimum Gasteiger partial charge on any atom is -0.452 e. The molecule has 2 heterocycles. The molecule has 0 N–H and O–H groups in total. The van der Waals surface area contributed by atoms with Crippen molar-refractivity contribution in [2.24, 2.45) is 0 Å². The number of carbonyl (C=O) groups excluding carboxylic acids is 3. The molecule has 0 saturated carbocycles. The first-order chi connectivity index (χ1) is 12.5. The number of rotatable bonds is 4. The smallest absolute Gasteiger partial charge is 0.340 e. The van der Waals surface area contributed by atoms with Crippen molar-refractivity contribution in [3.8, 4) is 0 Å². The van der Waals surface area contributed by atoms with Crippen molar-refractivity contribution >= 4 is 23.5 Å². The molecule has 0 bridgehead atoms. The molecule has 2 aliphatic heterocycles. The number of para-hydroxylation sites is 1. The van der Waals surface area contributed by atoms with Crippen LogP contribution in [0.2, 0.25) is 0 Å². The van der Waals surface area contributed by atoms with Crippen molar-refractivity contribution < 1.29 is 19.1 Å². The molecule has 140 valence electrons. The number of ether oxygens (including phenoxy) is 1. The largest absolute Gasteiger partial charge is 0.452 e. The zero-order chi connectivity index (χ0) is 18.7. The van der Waals surface area contributed by atoms with Gasteiger partial charge >= 0.3 is 5.97 Å². The number of nitrogens with zero attached hydrogens (tertiary/aromatic N) is 2. The fourth-order valence-electron chi connectivity index (χ4n) is 3.98. The molecule has 2 atom stereocenters. The number of hydrogen-bond donors (Lipinski definition) is 0. The summed E-state index contributed by atoms with van der Waals surface area (Å²) < 4.78 is 5.31. The Bertz CT molecular complexity index is 693. The van der Waals surface area contributed by atoms with Crippen molar-refractivity contribution in [2.45, 2.75) is 58.0 Å². The number of amides is 2. The zero-order valence-corrected chi connectivity index (χ0v) is 15.4. The summed E-state index contributed by atoms with van der Waals surface area (Å²) in [5.41, 5.74) is 0.891. The topological polar surface area (TPSA) is 66.9 Å². The second-order valence-corrected chi connectivity index (χ2v) is 7.17. The van der Waals surface area contributed by atoms with Gasteiger partial charge in [-0.15, -0.1) is 0 Å². The van der Waals surface area contributed by atoms with E-state index in [0.29, 0.717) is 24.2 Å². The van der Waals surface area contributed by atoms with Gasteiger partial charge < -0.3 is 14.5 Å². The maximum Gasteiger partial charge on any atom is 0.340 e. The highest BCUT2D eigenvalue weighted by atomic mass is 16.5. The van der Waals surface area contributed by atoms with Crippen molar-refractivity contribution in [3.63, 3.8) is 0 Å². The van der Waals surface area contributed by atoms with Crippen LogP contribution in [0.15, 0.2) is 24.3 Å². The molecular weight excluding hydrogens is 332 g/mol. The van der Waals surface area contributed by atoms with Gasteiger partial charge in [0.25, 0.3) is 5.91 Å². The number of carbonyl (C=O) groups is 3. The van der Waals surface area contributed by atoms with Crippen molar-refractivity contribution in [2.75, 3.05) is 18.1 Å². The molecule has 26 heavy (non-hydrogen) atoms. The first-order valence-electron chi connectivity index (χ1n) is 9.36. The van der Waals surface area contributed by atoms with E-state index in [2.05, 4.69) is 0 Å². The normalized spacial score (nSPS) is 23.2. The Hall–Kier alpha value is -2.37. The van der Waals surface area contributed by atoms with Crippen LogP contribution in [0.1, 0.15) is 56.3 Å². The van der Waals surface area contributed by atoms with E-state index in [1.165, 1.54) is 0 Å². The fraction of sp³-hybridized carbons (Fsp3) is 0.550. The molecule has 6 heteroatoms. The van der Waals surface area contributed by atoms with Gasteiger partial charge in [-0.3, -0.25) is 9.59 Å². The number of benzene rings is 1. The average Bonchev–Trinajstić information content (AvgIpc) is 3.05. The molecule has 0 aliphatic carbocycles. The highest BCUT2D eigenvalue weighted by molar-refractivity contribution is 6.03. The van der Waals surface area contributed by atoms with Gasteiger partial charge in [0, 0.05) is 25.0 Å². The lowest BCUT2D eigenvalue weighted by Gasteiger charge is -2.38. The van der Waals surface area contributed by atoms with Crippen molar-refractivity contribution in [3.05, 3.63) is 29.8 Å². The van der Waals surface area contributed by atoms with E-state index >= 15 is 0 Å². The van der Waals surface area contributed by atoms with E-state index in [4.69, 9.17) is 4.74 Å². The Kier molecular flexibility index (Phi) is 5.59. The number of piperidine rings is 1. The Balaban J connectivity index is 1.67. The summed E-state index contributed by atoms with van der Waals surface area (Å²) in [6.45, 7) is 4.40. The molecule has 2 amide bonds. The molecule has 6 nitrogen and oxygen atoms in total.